The van der Waals surface area contributed by atoms with Crippen molar-refractivity contribution in [3.8, 4) is 17.3 Å². The SMILES string of the molecule is Cc1cc(C#N)cnc1-c1ccc(C(C)(C)C)cc1. The maximum atomic E-state index is 8.86. The second-order valence-electron chi connectivity index (χ2n) is 5.83. The van der Waals surface area contributed by atoms with Crippen molar-refractivity contribution in [3.63, 3.8) is 0 Å². The first-order valence-electron chi connectivity index (χ1n) is 6.39. The van der Waals surface area contributed by atoms with Crippen LogP contribution in [0.25, 0.3) is 11.3 Å². The van der Waals surface area contributed by atoms with Gasteiger partial charge in [0.15, 0.2) is 0 Å². The molecule has 0 saturated carbocycles. The molecule has 0 aliphatic carbocycles. The Morgan fingerprint density at radius 2 is 1.74 bits per heavy atom. The summed E-state index contributed by atoms with van der Waals surface area (Å²) in [5.41, 5.74) is 5.14. The van der Waals surface area contributed by atoms with E-state index in [9.17, 15) is 0 Å². The van der Waals surface area contributed by atoms with E-state index >= 15 is 0 Å². The lowest BCUT2D eigenvalue weighted by Gasteiger charge is -2.19. The van der Waals surface area contributed by atoms with Crippen LogP contribution < -0.4 is 0 Å². The summed E-state index contributed by atoms with van der Waals surface area (Å²) in [5.74, 6) is 0. The van der Waals surface area contributed by atoms with Crippen LogP contribution in [-0.2, 0) is 5.41 Å². The molecule has 0 radical (unpaired) electrons. The minimum atomic E-state index is 0.158. The Kier molecular flexibility index (Phi) is 3.40. The molecule has 2 aromatic rings. The van der Waals surface area contributed by atoms with E-state index in [0.717, 1.165) is 16.8 Å². The molecular weight excluding hydrogens is 232 g/mol. The molecule has 96 valence electrons. The molecule has 19 heavy (non-hydrogen) atoms. The molecule has 0 atom stereocenters. The van der Waals surface area contributed by atoms with Crippen LogP contribution in [0.1, 0.15) is 37.5 Å². The topological polar surface area (TPSA) is 36.7 Å². The van der Waals surface area contributed by atoms with Crippen molar-refractivity contribution in [1.29, 1.82) is 5.26 Å². The average Bonchev–Trinajstić information content (AvgIpc) is 2.37. The number of pyridine rings is 1. The minimum Gasteiger partial charge on any atom is -0.255 e. The van der Waals surface area contributed by atoms with E-state index < -0.39 is 0 Å². The van der Waals surface area contributed by atoms with Crippen molar-refractivity contribution in [2.24, 2.45) is 0 Å². The second-order valence-corrected chi connectivity index (χ2v) is 5.83. The molecule has 2 nitrogen and oxygen atoms in total. The lowest BCUT2D eigenvalue weighted by atomic mass is 9.86. The summed E-state index contributed by atoms with van der Waals surface area (Å²) >= 11 is 0. The number of nitrogens with zero attached hydrogens (tertiary/aromatic N) is 2. The van der Waals surface area contributed by atoms with Gasteiger partial charge in [0, 0.05) is 11.8 Å². The van der Waals surface area contributed by atoms with Crippen molar-refractivity contribution < 1.29 is 0 Å². The van der Waals surface area contributed by atoms with E-state index in [1.54, 1.807) is 6.20 Å². The molecule has 0 spiro atoms. The second kappa shape index (κ2) is 4.85. The molecule has 2 rings (SSSR count). The highest BCUT2D eigenvalue weighted by Crippen LogP contribution is 2.26. The minimum absolute atomic E-state index is 0.158. The molecule has 0 N–H and O–H groups in total. The Labute approximate surface area is 114 Å². The normalized spacial score (nSPS) is 11.1. The van der Waals surface area contributed by atoms with Crippen LogP contribution >= 0.6 is 0 Å². The van der Waals surface area contributed by atoms with Crippen LogP contribution in [0.5, 0.6) is 0 Å². The maximum Gasteiger partial charge on any atom is 0.101 e. The van der Waals surface area contributed by atoms with Gasteiger partial charge < -0.3 is 0 Å². The molecule has 2 heteroatoms. The van der Waals surface area contributed by atoms with Gasteiger partial charge in [-0.05, 0) is 29.5 Å². The first kappa shape index (κ1) is 13.3. The summed E-state index contributed by atoms with van der Waals surface area (Å²) in [6, 6.07) is 12.5. The zero-order chi connectivity index (χ0) is 14.0. The lowest BCUT2D eigenvalue weighted by molar-refractivity contribution is 0.590. The summed E-state index contributed by atoms with van der Waals surface area (Å²) in [6.45, 7) is 8.59. The van der Waals surface area contributed by atoms with Gasteiger partial charge in [-0.2, -0.15) is 5.26 Å². The van der Waals surface area contributed by atoms with Gasteiger partial charge in [-0.15, -0.1) is 0 Å². The van der Waals surface area contributed by atoms with E-state index in [1.165, 1.54) is 5.56 Å². The smallest absolute Gasteiger partial charge is 0.101 e. The monoisotopic (exact) mass is 250 g/mol. The molecule has 0 unspecified atom stereocenters. The third-order valence-corrected chi connectivity index (χ3v) is 3.23. The molecule has 1 heterocycles. The quantitative estimate of drug-likeness (QED) is 0.759. The van der Waals surface area contributed by atoms with Gasteiger partial charge in [-0.3, -0.25) is 4.98 Å². The number of hydrogen-bond donors (Lipinski definition) is 0. The Bertz CT molecular complexity index is 626. The lowest BCUT2D eigenvalue weighted by Crippen LogP contribution is -2.10. The Balaban J connectivity index is 2.41. The van der Waals surface area contributed by atoms with E-state index in [2.05, 4.69) is 56.1 Å². The summed E-state index contributed by atoms with van der Waals surface area (Å²) in [4.78, 5) is 4.39. The predicted octanol–water partition coefficient (Wildman–Crippen LogP) is 4.23. The van der Waals surface area contributed by atoms with E-state index in [4.69, 9.17) is 5.26 Å². The standard InChI is InChI=1S/C17H18N2/c1-12-9-13(10-18)11-19-16(12)14-5-7-15(8-6-14)17(2,3)4/h5-9,11H,1-4H3. The van der Waals surface area contributed by atoms with Crippen LogP contribution in [0.2, 0.25) is 0 Å². The molecule has 0 bridgehead atoms. The van der Waals surface area contributed by atoms with Crippen molar-refractivity contribution in [3.05, 3.63) is 53.2 Å². The van der Waals surface area contributed by atoms with Crippen LogP contribution in [0, 0.1) is 18.3 Å². The highest BCUT2D eigenvalue weighted by Gasteiger charge is 2.13. The van der Waals surface area contributed by atoms with Crippen LogP contribution in [0.4, 0.5) is 0 Å². The zero-order valence-electron chi connectivity index (χ0n) is 11.9. The van der Waals surface area contributed by atoms with Gasteiger partial charge in [0.25, 0.3) is 0 Å². The Morgan fingerprint density at radius 1 is 1.11 bits per heavy atom. The molecule has 0 amide bonds. The van der Waals surface area contributed by atoms with E-state index in [-0.39, 0.29) is 5.41 Å². The fourth-order valence-electron chi connectivity index (χ4n) is 2.07. The first-order valence-corrected chi connectivity index (χ1v) is 6.39. The van der Waals surface area contributed by atoms with Gasteiger partial charge in [0.2, 0.25) is 0 Å². The number of aryl methyl sites for hydroxylation is 1. The number of aromatic nitrogens is 1. The van der Waals surface area contributed by atoms with Gasteiger partial charge in [0.05, 0.1) is 11.3 Å². The van der Waals surface area contributed by atoms with Crippen molar-refractivity contribution in [2.75, 3.05) is 0 Å². The van der Waals surface area contributed by atoms with Crippen LogP contribution in [0.3, 0.4) is 0 Å². The highest BCUT2D eigenvalue weighted by molar-refractivity contribution is 5.64. The van der Waals surface area contributed by atoms with Crippen LogP contribution in [0.15, 0.2) is 36.5 Å². The predicted molar refractivity (Wildman–Crippen MR) is 77.8 cm³/mol. The fraction of sp³-hybridized carbons (Fsp3) is 0.294. The Morgan fingerprint density at radius 3 is 2.21 bits per heavy atom. The van der Waals surface area contributed by atoms with E-state index in [1.807, 2.05) is 13.0 Å². The van der Waals surface area contributed by atoms with Gasteiger partial charge in [-0.25, -0.2) is 0 Å². The van der Waals surface area contributed by atoms with Crippen molar-refractivity contribution in [1.82, 2.24) is 4.98 Å². The summed E-state index contributed by atoms with van der Waals surface area (Å²) in [7, 11) is 0. The van der Waals surface area contributed by atoms with Gasteiger partial charge >= 0.3 is 0 Å². The summed E-state index contributed by atoms with van der Waals surface area (Å²) < 4.78 is 0. The van der Waals surface area contributed by atoms with Crippen molar-refractivity contribution in [2.45, 2.75) is 33.1 Å². The number of hydrogen-bond acceptors (Lipinski definition) is 2. The van der Waals surface area contributed by atoms with Gasteiger partial charge in [0.1, 0.15) is 6.07 Å². The highest BCUT2D eigenvalue weighted by atomic mass is 14.7. The zero-order valence-corrected chi connectivity index (χ0v) is 11.9. The average molecular weight is 250 g/mol. The molecule has 1 aromatic carbocycles. The molecular formula is C17H18N2. The van der Waals surface area contributed by atoms with Crippen molar-refractivity contribution >= 4 is 0 Å². The maximum absolute atomic E-state index is 8.86. The molecule has 0 fully saturated rings. The summed E-state index contributed by atoms with van der Waals surface area (Å²) in [6.07, 6.45) is 1.63. The molecule has 0 aliphatic heterocycles. The molecule has 1 aromatic heterocycles. The third kappa shape index (κ3) is 2.82. The Hall–Kier alpha value is -2.14. The van der Waals surface area contributed by atoms with E-state index in [0.29, 0.717) is 5.56 Å². The van der Waals surface area contributed by atoms with Crippen LogP contribution in [-0.4, -0.2) is 4.98 Å². The summed E-state index contributed by atoms with van der Waals surface area (Å²) in [5, 5.41) is 8.86. The molecule has 0 saturated heterocycles. The first-order chi connectivity index (χ1) is 8.91. The van der Waals surface area contributed by atoms with Gasteiger partial charge in [-0.1, -0.05) is 45.0 Å². The number of rotatable bonds is 1. The number of nitriles is 1. The number of benzene rings is 1. The fourth-order valence-corrected chi connectivity index (χ4v) is 2.07. The molecule has 0 aliphatic rings. The largest absolute Gasteiger partial charge is 0.255 e. The third-order valence-electron chi connectivity index (χ3n) is 3.23.